The van der Waals surface area contributed by atoms with E-state index in [1.54, 1.807) is 24.4 Å². The van der Waals surface area contributed by atoms with E-state index >= 15 is 0 Å². The van der Waals surface area contributed by atoms with Crippen LogP contribution >= 0.6 is 15.9 Å². The SMILES string of the molecule is Oc1ccc(Br)cc1C=NNc1nc(N2CCCC2)nc(N2CCCC2)n1. The van der Waals surface area contributed by atoms with Gasteiger partial charge in [-0.3, -0.25) is 0 Å². The lowest BCUT2D eigenvalue weighted by Gasteiger charge is -2.20. The molecule has 2 N–H and O–H groups in total. The largest absolute Gasteiger partial charge is 0.507 e. The van der Waals surface area contributed by atoms with Gasteiger partial charge in [0.25, 0.3) is 0 Å². The third kappa shape index (κ3) is 4.29. The van der Waals surface area contributed by atoms with Crippen LogP contribution < -0.4 is 15.2 Å². The number of hydrogen-bond acceptors (Lipinski definition) is 8. The number of hydrogen-bond donors (Lipinski definition) is 2. The van der Waals surface area contributed by atoms with E-state index < -0.39 is 0 Å². The molecular weight excluding hydrogens is 410 g/mol. The molecule has 2 aromatic rings. The molecule has 0 spiro atoms. The minimum Gasteiger partial charge on any atom is -0.507 e. The number of aromatic nitrogens is 3. The van der Waals surface area contributed by atoms with Crippen molar-refractivity contribution in [3.05, 3.63) is 28.2 Å². The molecular formula is C18H22BrN7O. The Kier molecular flexibility index (Phi) is 5.38. The molecule has 2 saturated heterocycles. The molecule has 9 heteroatoms. The van der Waals surface area contributed by atoms with E-state index in [0.29, 0.717) is 23.4 Å². The van der Waals surface area contributed by atoms with Gasteiger partial charge in [0.05, 0.1) is 6.21 Å². The van der Waals surface area contributed by atoms with Crippen molar-refractivity contribution in [3.8, 4) is 5.75 Å². The maximum atomic E-state index is 9.91. The highest BCUT2D eigenvalue weighted by Gasteiger charge is 2.21. The van der Waals surface area contributed by atoms with Crippen LogP contribution in [0.1, 0.15) is 31.2 Å². The number of benzene rings is 1. The van der Waals surface area contributed by atoms with Gasteiger partial charge in [-0.2, -0.15) is 20.1 Å². The number of nitrogens with one attached hydrogen (secondary N) is 1. The number of phenols is 1. The Bertz CT molecular complexity index is 798. The maximum absolute atomic E-state index is 9.91. The first kappa shape index (κ1) is 18.0. The lowest BCUT2D eigenvalue weighted by atomic mass is 10.2. The Balaban J connectivity index is 1.56. The van der Waals surface area contributed by atoms with Crippen LogP contribution in [0, 0.1) is 0 Å². The fourth-order valence-corrected chi connectivity index (χ4v) is 3.69. The van der Waals surface area contributed by atoms with Crippen molar-refractivity contribution in [1.29, 1.82) is 0 Å². The van der Waals surface area contributed by atoms with Gasteiger partial charge in [0.2, 0.25) is 17.8 Å². The Morgan fingerprint density at radius 3 is 2.15 bits per heavy atom. The molecule has 0 unspecified atom stereocenters. The number of aromatic hydroxyl groups is 1. The van der Waals surface area contributed by atoms with Crippen LogP contribution in [-0.2, 0) is 0 Å². The van der Waals surface area contributed by atoms with Crippen LogP contribution in [0.3, 0.4) is 0 Å². The molecule has 3 heterocycles. The summed E-state index contributed by atoms with van der Waals surface area (Å²) in [5.41, 5.74) is 3.50. The lowest BCUT2D eigenvalue weighted by molar-refractivity contribution is 0.474. The Morgan fingerprint density at radius 2 is 1.56 bits per heavy atom. The fourth-order valence-electron chi connectivity index (χ4n) is 3.31. The number of anilines is 3. The average Bonchev–Trinajstić information content (AvgIpc) is 3.38. The number of hydrazone groups is 1. The molecule has 27 heavy (non-hydrogen) atoms. The third-order valence-electron chi connectivity index (χ3n) is 4.75. The summed E-state index contributed by atoms with van der Waals surface area (Å²) >= 11 is 3.39. The first-order valence-electron chi connectivity index (χ1n) is 9.22. The van der Waals surface area contributed by atoms with Gasteiger partial charge in [-0.1, -0.05) is 15.9 Å². The van der Waals surface area contributed by atoms with Crippen molar-refractivity contribution in [3.63, 3.8) is 0 Å². The zero-order valence-corrected chi connectivity index (χ0v) is 16.6. The van der Waals surface area contributed by atoms with Crippen molar-refractivity contribution in [2.45, 2.75) is 25.7 Å². The van der Waals surface area contributed by atoms with Gasteiger partial charge in [-0.05, 0) is 43.9 Å². The van der Waals surface area contributed by atoms with Crippen molar-refractivity contribution in [2.24, 2.45) is 5.10 Å². The van der Waals surface area contributed by atoms with Gasteiger partial charge in [-0.25, -0.2) is 5.43 Å². The van der Waals surface area contributed by atoms with E-state index in [0.717, 1.165) is 56.3 Å². The van der Waals surface area contributed by atoms with Gasteiger partial charge >= 0.3 is 0 Å². The molecule has 142 valence electrons. The molecule has 0 amide bonds. The van der Waals surface area contributed by atoms with Crippen LogP contribution in [0.15, 0.2) is 27.8 Å². The maximum Gasteiger partial charge on any atom is 0.250 e. The minimum atomic E-state index is 0.162. The van der Waals surface area contributed by atoms with Gasteiger partial charge in [0.1, 0.15) is 5.75 Å². The van der Waals surface area contributed by atoms with Crippen molar-refractivity contribution in [2.75, 3.05) is 41.4 Å². The highest BCUT2D eigenvalue weighted by Crippen LogP contribution is 2.23. The molecule has 4 rings (SSSR count). The number of phenolic OH excluding ortho intramolecular Hbond substituents is 1. The zero-order valence-electron chi connectivity index (χ0n) is 15.0. The third-order valence-corrected chi connectivity index (χ3v) is 5.24. The highest BCUT2D eigenvalue weighted by atomic mass is 79.9. The predicted octanol–water partition coefficient (Wildman–Crippen LogP) is 2.99. The molecule has 2 aliphatic heterocycles. The first-order valence-corrected chi connectivity index (χ1v) is 10.0. The normalized spacial score (nSPS) is 17.2. The number of rotatable bonds is 5. The standard InChI is InChI=1S/C18H22BrN7O/c19-14-5-6-15(27)13(11-14)12-20-24-16-21-17(25-7-1-2-8-25)23-18(22-16)26-9-3-4-10-26/h5-6,11-12,27H,1-4,7-10H2,(H,21,22,23,24). The van der Waals surface area contributed by atoms with Crippen molar-refractivity contribution in [1.82, 2.24) is 15.0 Å². The van der Waals surface area contributed by atoms with Crippen molar-refractivity contribution >= 4 is 40.0 Å². The zero-order chi connectivity index (χ0) is 18.6. The van der Waals surface area contributed by atoms with Crippen LogP contribution in [-0.4, -0.2) is 52.5 Å². The molecule has 0 atom stereocenters. The summed E-state index contributed by atoms with van der Waals surface area (Å²) < 4.78 is 0.870. The monoisotopic (exact) mass is 431 g/mol. The quantitative estimate of drug-likeness (QED) is 0.555. The highest BCUT2D eigenvalue weighted by molar-refractivity contribution is 9.10. The molecule has 1 aromatic heterocycles. The Morgan fingerprint density at radius 1 is 0.963 bits per heavy atom. The van der Waals surface area contributed by atoms with E-state index in [1.165, 1.54) is 0 Å². The Labute approximate surface area is 166 Å². The van der Waals surface area contributed by atoms with Crippen LogP contribution in [0.2, 0.25) is 0 Å². The summed E-state index contributed by atoms with van der Waals surface area (Å²) in [6, 6.07) is 5.18. The molecule has 2 fully saturated rings. The van der Waals surface area contributed by atoms with Gasteiger partial charge < -0.3 is 14.9 Å². The summed E-state index contributed by atoms with van der Waals surface area (Å²) in [5.74, 6) is 1.98. The van der Waals surface area contributed by atoms with Gasteiger partial charge in [0.15, 0.2) is 0 Å². The second-order valence-electron chi connectivity index (χ2n) is 6.72. The summed E-state index contributed by atoms with van der Waals surface area (Å²) in [6.07, 6.45) is 6.19. The van der Waals surface area contributed by atoms with E-state index in [4.69, 9.17) is 0 Å². The van der Waals surface area contributed by atoms with Gasteiger partial charge in [0, 0.05) is 36.2 Å². The lowest BCUT2D eigenvalue weighted by Crippen LogP contribution is -2.25. The second kappa shape index (κ2) is 8.08. The molecule has 0 saturated carbocycles. The minimum absolute atomic E-state index is 0.162. The van der Waals surface area contributed by atoms with Gasteiger partial charge in [-0.15, -0.1) is 0 Å². The summed E-state index contributed by atoms with van der Waals surface area (Å²) in [7, 11) is 0. The summed E-state index contributed by atoms with van der Waals surface area (Å²) in [5, 5.41) is 14.1. The van der Waals surface area contributed by atoms with E-state index in [9.17, 15) is 5.11 Å². The molecule has 0 bridgehead atoms. The Hall–Kier alpha value is -2.42. The molecule has 0 aliphatic carbocycles. The van der Waals surface area contributed by atoms with Crippen LogP contribution in [0.4, 0.5) is 17.8 Å². The van der Waals surface area contributed by atoms with E-state index in [1.807, 2.05) is 0 Å². The molecule has 1 aromatic carbocycles. The second-order valence-corrected chi connectivity index (χ2v) is 7.64. The molecule has 0 radical (unpaired) electrons. The summed E-state index contributed by atoms with van der Waals surface area (Å²) in [6.45, 7) is 3.88. The molecule has 2 aliphatic rings. The fraction of sp³-hybridized carbons (Fsp3) is 0.444. The topological polar surface area (TPSA) is 89.8 Å². The van der Waals surface area contributed by atoms with E-state index in [2.05, 4.69) is 51.2 Å². The smallest absolute Gasteiger partial charge is 0.250 e. The predicted molar refractivity (Wildman–Crippen MR) is 110 cm³/mol. The van der Waals surface area contributed by atoms with E-state index in [-0.39, 0.29) is 5.75 Å². The van der Waals surface area contributed by atoms with Crippen LogP contribution in [0.25, 0.3) is 0 Å². The van der Waals surface area contributed by atoms with Crippen LogP contribution in [0.5, 0.6) is 5.75 Å². The molecule has 8 nitrogen and oxygen atoms in total. The van der Waals surface area contributed by atoms with Crippen molar-refractivity contribution < 1.29 is 5.11 Å². The number of halogens is 1. The first-order chi connectivity index (χ1) is 13.2. The number of nitrogens with zero attached hydrogens (tertiary/aromatic N) is 6. The summed E-state index contributed by atoms with van der Waals surface area (Å²) in [4.78, 5) is 18.1. The average molecular weight is 432 g/mol.